The van der Waals surface area contributed by atoms with Crippen molar-refractivity contribution < 1.29 is 22.6 Å². The van der Waals surface area contributed by atoms with Gasteiger partial charge < -0.3 is 9.47 Å². The predicted molar refractivity (Wildman–Crippen MR) is 105 cm³/mol. The Morgan fingerprint density at radius 1 is 0.828 bits per heavy atom. The molecule has 6 heteroatoms. The fourth-order valence-electron chi connectivity index (χ4n) is 3.23. The normalized spacial score (nSPS) is 23.2. The van der Waals surface area contributed by atoms with Crippen LogP contribution in [0.2, 0.25) is 5.02 Å². The zero-order chi connectivity index (χ0) is 20.5. The molecule has 0 aromatic heterocycles. The SMILES string of the molecule is FC(F)(F)C1(c2ccc(Cl)cc2)O/C(=C\c2ccccc2)C(c2ccccc2)O1. The molecule has 0 aliphatic carbocycles. The molecule has 2 nitrogen and oxygen atoms in total. The first kappa shape index (κ1) is 19.6. The molecule has 2 atom stereocenters. The van der Waals surface area contributed by atoms with Gasteiger partial charge in [0.1, 0.15) is 11.9 Å². The van der Waals surface area contributed by atoms with Crippen LogP contribution in [0, 0.1) is 0 Å². The zero-order valence-electron chi connectivity index (χ0n) is 15.1. The van der Waals surface area contributed by atoms with Crippen molar-refractivity contribution in [3.05, 3.63) is 112 Å². The molecule has 0 radical (unpaired) electrons. The summed E-state index contributed by atoms with van der Waals surface area (Å²) < 4.78 is 54.1. The first-order valence-electron chi connectivity index (χ1n) is 8.90. The monoisotopic (exact) mass is 416 g/mol. The van der Waals surface area contributed by atoms with E-state index in [1.165, 1.54) is 24.3 Å². The second kappa shape index (κ2) is 7.58. The van der Waals surface area contributed by atoms with Crippen LogP contribution in [0.4, 0.5) is 13.2 Å². The van der Waals surface area contributed by atoms with Gasteiger partial charge in [0.25, 0.3) is 0 Å². The van der Waals surface area contributed by atoms with Gasteiger partial charge in [0.2, 0.25) is 0 Å². The molecule has 0 saturated carbocycles. The van der Waals surface area contributed by atoms with E-state index in [4.69, 9.17) is 21.1 Å². The number of hydrogen-bond donors (Lipinski definition) is 0. The molecule has 148 valence electrons. The molecule has 0 bridgehead atoms. The highest BCUT2D eigenvalue weighted by Crippen LogP contribution is 2.55. The van der Waals surface area contributed by atoms with Gasteiger partial charge in [0.05, 0.1) is 0 Å². The molecule has 29 heavy (non-hydrogen) atoms. The molecule has 0 N–H and O–H groups in total. The molecule has 1 aliphatic heterocycles. The molecular formula is C23H16ClF3O2. The first-order chi connectivity index (χ1) is 13.9. The van der Waals surface area contributed by atoms with Gasteiger partial charge in [-0.1, -0.05) is 84.4 Å². The summed E-state index contributed by atoms with van der Waals surface area (Å²) in [6.07, 6.45) is -4.27. The van der Waals surface area contributed by atoms with E-state index in [1.54, 1.807) is 60.7 Å². The Kier molecular flexibility index (Phi) is 5.11. The van der Waals surface area contributed by atoms with Crippen molar-refractivity contribution >= 4 is 17.7 Å². The zero-order valence-corrected chi connectivity index (χ0v) is 15.8. The van der Waals surface area contributed by atoms with Crippen molar-refractivity contribution in [2.45, 2.75) is 18.1 Å². The maximum Gasteiger partial charge on any atom is 0.460 e. The molecule has 0 amide bonds. The van der Waals surface area contributed by atoms with Crippen LogP contribution in [0.1, 0.15) is 22.8 Å². The third-order valence-corrected chi connectivity index (χ3v) is 4.86. The highest BCUT2D eigenvalue weighted by molar-refractivity contribution is 6.30. The summed E-state index contributed by atoms with van der Waals surface area (Å²) in [5.41, 5.74) is 1.10. The van der Waals surface area contributed by atoms with Gasteiger partial charge in [0, 0.05) is 10.6 Å². The van der Waals surface area contributed by atoms with E-state index in [0.29, 0.717) is 16.1 Å². The second-order valence-corrected chi connectivity index (χ2v) is 7.03. The lowest BCUT2D eigenvalue weighted by molar-refractivity contribution is -0.354. The maximum atomic E-state index is 14.3. The highest BCUT2D eigenvalue weighted by Gasteiger charge is 2.65. The molecule has 4 rings (SSSR count). The molecule has 3 aromatic rings. The van der Waals surface area contributed by atoms with Crippen molar-refractivity contribution in [2.75, 3.05) is 0 Å². The summed E-state index contributed by atoms with van der Waals surface area (Å²) in [5, 5.41) is 0.323. The number of rotatable bonds is 3. The molecule has 3 aromatic carbocycles. The Labute approximate surface area is 171 Å². The Morgan fingerprint density at radius 2 is 1.41 bits per heavy atom. The molecule has 1 heterocycles. The van der Waals surface area contributed by atoms with E-state index < -0.39 is 18.1 Å². The van der Waals surface area contributed by atoms with Crippen molar-refractivity contribution in [3.8, 4) is 0 Å². The van der Waals surface area contributed by atoms with Gasteiger partial charge in [0.15, 0.2) is 0 Å². The summed E-state index contributed by atoms with van der Waals surface area (Å²) in [6.45, 7) is 0. The summed E-state index contributed by atoms with van der Waals surface area (Å²) in [4.78, 5) is 0. The van der Waals surface area contributed by atoms with Crippen molar-refractivity contribution in [1.82, 2.24) is 0 Å². The summed E-state index contributed by atoms with van der Waals surface area (Å²) in [7, 11) is 0. The number of halogens is 4. The number of alkyl halides is 3. The van der Waals surface area contributed by atoms with Crippen LogP contribution in [0.15, 0.2) is 90.7 Å². The van der Waals surface area contributed by atoms with Crippen LogP contribution in [-0.4, -0.2) is 6.18 Å². The largest absolute Gasteiger partial charge is 0.460 e. The Balaban J connectivity index is 1.86. The van der Waals surface area contributed by atoms with Crippen LogP contribution in [0.5, 0.6) is 0 Å². The highest BCUT2D eigenvalue weighted by atomic mass is 35.5. The third-order valence-electron chi connectivity index (χ3n) is 4.61. The van der Waals surface area contributed by atoms with Gasteiger partial charge in [-0.2, -0.15) is 13.2 Å². The lowest BCUT2D eigenvalue weighted by atomic mass is 10.0. The summed E-state index contributed by atoms with van der Waals surface area (Å²) in [6, 6.07) is 23.0. The number of benzene rings is 3. The number of ether oxygens (including phenoxy) is 2. The van der Waals surface area contributed by atoms with Crippen molar-refractivity contribution in [3.63, 3.8) is 0 Å². The van der Waals surface area contributed by atoms with Crippen molar-refractivity contribution in [2.24, 2.45) is 0 Å². The second-order valence-electron chi connectivity index (χ2n) is 6.59. The average Bonchev–Trinajstić information content (AvgIpc) is 3.10. The minimum atomic E-state index is -4.82. The Hall–Kier alpha value is -2.76. The standard InChI is InChI=1S/C23H16ClF3O2/c24-19-13-11-18(12-14-19)22(23(25,26)27)28-20(15-16-7-3-1-4-8-16)21(29-22)17-9-5-2-6-10-17/h1-15,21H/b20-15-. The fraction of sp³-hybridized carbons (Fsp3) is 0.130. The summed E-state index contributed by atoms with van der Waals surface area (Å²) in [5.74, 6) is -2.85. The van der Waals surface area contributed by atoms with E-state index in [-0.39, 0.29) is 11.3 Å². The lowest BCUT2D eigenvalue weighted by Gasteiger charge is -2.30. The Bertz CT molecular complexity index is 1000. The van der Waals surface area contributed by atoms with Crippen molar-refractivity contribution in [1.29, 1.82) is 0 Å². The topological polar surface area (TPSA) is 18.5 Å². The molecule has 1 aliphatic rings. The van der Waals surface area contributed by atoms with Crippen LogP contribution in [0.3, 0.4) is 0 Å². The van der Waals surface area contributed by atoms with E-state index in [9.17, 15) is 13.2 Å². The Morgan fingerprint density at radius 3 is 2.00 bits per heavy atom. The quantitative estimate of drug-likeness (QED) is 0.463. The molecule has 1 fully saturated rings. The smallest absolute Gasteiger partial charge is 0.451 e. The van der Waals surface area contributed by atoms with E-state index in [0.717, 1.165) is 0 Å². The fourth-order valence-corrected chi connectivity index (χ4v) is 3.36. The van der Waals surface area contributed by atoms with E-state index in [1.807, 2.05) is 6.07 Å². The van der Waals surface area contributed by atoms with Crippen LogP contribution in [0.25, 0.3) is 6.08 Å². The van der Waals surface area contributed by atoms with Crippen LogP contribution < -0.4 is 0 Å². The first-order valence-corrected chi connectivity index (χ1v) is 9.28. The van der Waals surface area contributed by atoms with Gasteiger partial charge in [-0.05, 0) is 29.3 Å². The van der Waals surface area contributed by atoms with Gasteiger partial charge in [-0.15, -0.1) is 0 Å². The van der Waals surface area contributed by atoms with Gasteiger partial charge in [-0.25, -0.2) is 0 Å². The minimum Gasteiger partial charge on any atom is -0.451 e. The molecule has 1 saturated heterocycles. The van der Waals surface area contributed by atoms with Crippen LogP contribution >= 0.6 is 11.6 Å². The van der Waals surface area contributed by atoms with Crippen LogP contribution in [-0.2, 0) is 15.3 Å². The lowest BCUT2D eigenvalue weighted by Crippen LogP contribution is -2.43. The average molecular weight is 417 g/mol. The van der Waals surface area contributed by atoms with Gasteiger partial charge in [-0.3, -0.25) is 0 Å². The predicted octanol–water partition coefficient (Wildman–Crippen LogP) is 6.88. The molecule has 2 unspecified atom stereocenters. The van der Waals surface area contributed by atoms with E-state index in [2.05, 4.69) is 0 Å². The number of hydrogen-bond acceptors (Lipinski definition) is 2. The third kappa shape index (κ3) is 3.76. The molecule has 0 spiro atoms. The van der Waals surface area contributed by atoms with E-state index >= 15 is 0 Å². The maximum absolute atomic E-state index is 14.3. The van der Waals surface area contributed by atoms with Gasteiger partial charge >= 0.3 is 12.0 Å². The minimum absolute atomic E-state index is 0.0784. The summed E-state index contributed by atoms with van der Waals surface area (Å²) >= 11 is 5.86. The molecular weight excluding hydrogens is 401 g/mol.